The lowest BCUT2D eigenvalue weighted by atomic mass is 10.1. The van der Waals surface area contributed by atoms with Crippen LogP contribution < -0.4 is 0 Å². The standard InChI is InChI=1S/C7H9N3O4/c1-7(2,6(13)14)10-3-4(5(11)12)8-9-10/h3H,1-2H3,(H,11,12)(H,13,14). The Bertz CT molecular complexity index is 382. The van der Waals surface area contributed by atoms with Gasteiger partial charge in [0, 0.05) is 0 Å². The van der Waals surface area contributed by atoms with Gasteiger partial charge in [0.2, 0.25) is 0 Å². The highest BCUT2D eigenvalue weighted by Crippen LogP contribution is 2.13. The zero-order valence-electron chi connectivity index (χ0n) is 7.63. The van der Waals surface area contributed by atoms with Crippen LogP contribution in [0.4, 0.5) is 0 Å². The third-order valence-electron chi connectivity index (χ3n) is 1.81. The average Bonchev–Trinajstić information content (AvgIpc) is 2.51. The molecule has 0 amide bonds. The number of hydrogen-bond acceptors (Lipinski definition) is 4. The van der Waals surface area contributed by atoms with Crippen LogP contribution in [0.3, 0.4) is 0 Å². The van der Waals surface area contributed by atoms with Crippen molar-refractivity contribution in [1.29, 1.82) is 0 Å². The third kappa shape index (κ3) is 1.56. The molecule has 0 fully saturated rings. The first kappa shape index (κ1) is 10.2. The first-order valence-corrected chi connectivity index (χ1v) is 3.75. The number of nitrogens with zero attached hydrogens (tertiary/aromatic N) is 3. The Morgan fingerprint density at radius 2 is 2.00 bits per heavy atom. The number of carbonyl (C=O) groups is 2. The van der Waals surface area contributed by atoms with Crippen molar-refractivity contribution in [2.45, 2.75) is 19.4 Å². The summed E-state index contributed by atoms with van der Waals surface area (Å²) in [6.07, 6.45) is 1.08. The molecule has 1 rings (SSSR count). The summed E-state index contributed by atoms with van der Waals surface area (Å²) >= 11 is 0. The molecular weight excluding hydrogens is 190 g/mol. The van der Waals surface area contributed by atoms with E-state index in [0.29, 0.717) is 0 Å². The van der Waals surface area contributed by atoms with E-state index >= 15 is 0 Å². The van der Waals surface area contributed by atoms with E-state index in [1.165, 1.54) is 13.8 Å². The van der Waals surface area contributed by atoms with Crippen molar-refractivity contribution in [2.75, 3.05) is 0 Å². The molecule has 0 bridgehead atoms. The van der Waals surface area contributed by atoms with E-state index < -0.39 is 17.5 Å². The van der Waals surface area contributed by atoms with Gasteiger partial charge in [0.05, 0.1) is 6.20 Å². The van der Waals surface area contributed by atoms with E-state index in [-0.39, 0.29) is 5.69 Å². The Hall–Kier alpha value is -1.92. The SMILES string of the molecule is CC(C)(C(=O)O)n1cc(C(=O)O)nn1. The van der Waals surface area contributed by atoms with Crippen LogP contribution >= 0.6 is 0 Å². The monoisotopic (exact) mass is 199 g/mol. The number of hydrogen-bond donors (Lipinski definition) is 2. The van der Waals surface area contributed by atoms with Crippen molar-refractivity contribution in [1.82, 2.24) is 15.0 Å². The lowest BCUT2D eigenvalue weighted by Gasteiger charge is -2.18. The van der Waals surface area contributed by atoms with Crippen LogP contribution in [0.2, 0.25) is 0 Å². The van der Waals surface area contributed by atoms with Gasteiger partial charge >= 0.3 is 11.9 Å². The molecule has 0 aliphatic rings. The Morgan fingerprint density at radius 3 is 2.36 bits per heavy atom. The zero-order valence-corrected chi connectivity index (χ0v) is 7.63. The van der Waals surface area contributed by atoms with Gasteiger partial charge in [0.1, 0.15) is 0 Å². The van der Waals surface area contributed by atoms with E-state index in [2.05, 4.69) is 10.3 Å². The zero-order chi connectivity index (χ0) is 10.9. The van der Waals surface area contributed by atoms with Gasteiger partial charge in [-0.05, 0) is 13.8 Å². The molecule has 0 radical (unpaired) electrons. The van der Waals surface area contributed by atoms with Gasteiger partial charge in [-0.1, -0.05) is 5.21 Å². The maximum Gasteiger partial charge on any atom is 0.358 e. The second-order valence-electron chi connectivity index (χ2n) is 3.22. The van der Waals surface area contributed by atoms with Crippen LogP contribution in [0.5, 0.6) is 0 Å². The molecule has 1 aromatic rings. The topological polar surface area (TPSA) is 105 Å². The Labute approximate surface area is 79.0 Å². The molecule has 1 heterocycles. The Kier molecular flexibility index (Phi) is 2.24. The van der Waals surface area contributed by atoms with Crippen molar-refractivity contribution in [3.8, 4) is 0 Å². The van der Waals surface area contributed by atoms with Gasteiger partial charge in [-0.25, -0.2) is 14.3 Å². The van der Waals surface area contributed by atoms with Crippen LogP contribution in [-0.4, -0.2) is 37.1 Å². The fourth-order valence-electron chi connectivity index (χ4n) is 0.733. The fourth-order valence-corrected chi connectivity index (χ4v) is 0.733. The Balaban J connectivity index is 3.09. The lowest BCUT2D eigenvalue weighted by molar-refractivity contribution is -0.146. The molecule has 0 aromatic carbocycles. The maximum atomic E-state index is 10.8. The van der Waals surface area contributed by atoms with E-state index in [1.807, 2.05) is 0 Å². The summed E-state index contributed by atoms with van der Waals surface area (Å²) in [4.78, 5) is 21.2. The molecule has 76 valence electrons. The highest BCUT2D eigenvalue weighted by Gasteiger charge is 2.31. The molecule has 2 N–H and O–H groups in total. The van der Waals surface area contributed by atoms with Gasteiger partial charge in [0.25, 0.3) is 0 Å². The van der Waals surface area contributed by atoms with Crippen LogP contribution in [-0.2, 0) is 10.3 Å². The molecule has 0 spiro atoms. The Morgan fingerprint density at radius 1 is 1.43 bits per heavy atom. The second-order valence-corrected chi connectivity index (χ2v) is 3.22. The molecule has 0 unspecified atom stereocenters. The average molecular weight is 199 g/mol. The van der Waals surface area contributed by atoms with Crippen LogP contribution in [0, 0.1) is 0 Å². The molecule has 0 aliphatic carbocycles. The highest BCUT2D eigenvalue weighted by molar-refractivity contribution is 5.85. The van der Waals surface area contributed by atoms with Crippen molar-refractivity contribution < 1.29 is 19.8 Å². The summed E-state index contributed by atoms with van der Waals surface area (Å²) in [6.45, 7) is 2.80. The second kappa shape index (κ2) is 3.09. The fraction of sp³-hybridized carbons (Fsp3) is 0.429. The molecule has 0 saturated heterocycles. The van der Waals surface area contributed by atoms with Gasteiger partial charge in [-0.2, -0.15) is 0 Å². The van der Waals surface area contributed by atoms with Gasteiger partial charge in [-0.3, -0.25) is 0 Å². The summed E-state index contributed by atoms with van der Waals surface area (Å²) in [5.41, 5.74) is -1.58. The number of carboxylic acid groups (broad SMARTS) is 2. The first-order chi connectivity index (χ1) is 6.35. The normalized spacial score (nSPS) is 11.3. The van der Waals surface area contributed by atoms with Gasteiger partial charge in [0.15, 0.2) is 11.2 Å². The molecule has 0 atom stereocenters. The van der Waals surface area contributed by atoms with Crippen LogP contribution in [0.15, 0.2) is 6.20 Å². The molecule has 7 heteroatoms. The number of aromatic carboxylic acids is 1. The summed E-state index contributed by atoms with van der Waals surface area (Å²) in [5, 5.41) is 24.1. The predicted molar refractivity (Wildman–Crippen MR) is 43.9 cm³/mol. The van der Waals surface area contributed by atoms with Crippen LogP contribution in [0.25, 0.3) is 0 Å². The van der Waals surface area contributed by atoms with Crippen molar-refractivity contribution in [3.05, 3.63) is 11.9 Å². The number of carboxylic acids is 2. The van der Waals surface area contributed by atoms with E-state index in [1.54, 1.807) is 0 Å². The molecule has 1 aromatic heterocycles. The molecule has 7 nitrogen and oxygen atoms in total. The lowest BCUT2D eigenvalue weighted by Crippen LogP contribution is -2.36. The molecule has 0 saturated carbocycles. The summed E-state index contributed by atoms with van der Waals surface area (Å²) < 4.78 is 0.999. The van der Waals surface area contributed by atoms with E-state index in [4.69, 9.17) is 10.2 Å². The molecule has 0 aliphatic heterocycles. The molecule has 14 heavy (non-hydrogen) atoms. The minimum absolute atomic E-state index is 0.278. The van der Waals surface area contributed by atoms with E-state index in [0.717, 1.165) is 10.9 Å². The van der Waals surface area contributed by atoms with Crippen molar-refractivity contribution >= 4 is 11.9 Å². The van der Waals surface area contributed by atoms with Gasteiger partial charge < -0.3 is 10.2 Å². The number of aromatic nitrogens is 3. The largest absolute Gasteiger partial charge is 0.479 e. The van der Waals surface area contributed by atoms with E-state index in [9.17, 15) is 9.59 Å². The van der Waals surface area contributed by atoms with Crippen LogP contribution in [0.1, 0.15) is 24.3 Å². The minimum atomic E-state index is -1.30. The third-order valence-corrected chi connectivity index (χ3v) is 1.81. The quantitative estimate of drug-likeness (QED) is 0.698. The highest BCUT2D eigenvalue weighted by atomic mass is 16.4. The maximum absolute atomic E-state index is 10.8. The first-order valence-electron chi connectivity index (χ1n) is 3.75. The summed E-state index contributed by atoms with van der Waals surface area (Å²) in [7, 11) is 0. The van der Waals surface area contributed by atoms with Crippen molar-refractivity contribution in [2.24, 2.45) is 0 Å². The number of aliphatic carboxylic acids is 1. The minimum Gasteiger partial charge on any atom is -0.479 e. The number of rotatable bonds is 3. The molecular formula is C7H9N3O4. The van der Waals surface area contributed by atoms with Crippen molar-refractivity contribution in [3.63, 3.8) is 0 Å². The summed E-state index contributed by atoms with van der Waals surface area (Å²) in [6, 6.07) is 0. The summed E-state index contributed by atoms with van der Waals surface area (Å²) in [5.74, 6) is -2.35. The smallest absolute Gasteiger partial charge is 0.358 e. The predicted octanol–water partition coefficient (Wildman–Crippen LogP) is -0.204. The van der Waals surface area contributed by atoms with Gasteiger partial charge in [-0.15, -0.1) is 5.10 Å².